The van der Waals surface area contributed by atoms with Crippen LogP contribution >= 0.6 is 24.0 Å². The molecule has 0 saturated heterocycles. The Balaban J connectivity index is 0.00000420. The number of halogens is 4. The summed E-state index contributed by atoms with van der Waals surface area (Å²) in [5.41, 5.74) is 0.201. The summed E-state index contributed by atoms with van der Waals surface area (Å²) in [6.45, 7) is 3.67. The van der Waals surface area contributed by atoms with Gasteiger partial charge in [0, 0.05) is 25.8 Å². The Kier molecular flexibility index (Phi) is 10.6. The van der Waals surface area contributed by atoms with Crippen LogP contribution in [0.2, 0.25) is 0 Å². The van der Waals surface area contributed by atoms with Gasteiger partial charge in [-0.15, -0.1) is 24.0 Å². The Hall–Kier alpha value is -2.24. The van der Waals surface area contributed by atoms with E-state index < -0.39 is 11.7 Å². The number of ether oxygens (including phenoxy) is 1. The third-order valence-corrected chi connectivity index (χ3v) is 3.72. The van der Waals surface area contributed by atoms with Crippen LogP contribution in [0.1, 0.15) is 18.1 Å². The molecule has 1 aromatic heterocycles. The van der Waals surface area contributed by atoms with Crippen molar-refractivity contribution in [1.82, 2.24) is 15.6 Å². The number of nitrogens with zero attached hydrogens (tertiary/aromatic N) is 2. The maximum atomic E-state index is 13.0. The first-order valence-electron chi connectivity index (χ1n) is 8.85. The lowest BCUT2D eigenvalue weighted by molar-refractivity contribution is -0.137. The molecule has 29 heavy (non-hydrogen) atoms. The molecule has 2 rings (SSSR count). The number of rotatable bonds is 8. The van der Waals surface area contributed by atoms with Gasteiger partial charge in [0.1, 0.15) is 11.6 Å². The number of hydrogen-bond acceptors (Lipinski definition) is 4. The highest BCUT2D eigenvalue weighted by molar-refractivity contribution is 14.0. The maximum absolute atomic E-state index is 13.0. The van der Waals surface area contributed by atoms with Gasteiger partial charge >= 0.3 is 6.18 Å². The first-order valence-corrected chi connectivity index (χ1v) is 8.85. The SMILES string of the molecule is CCNC(=NCc1cccc(OC)c1)NCCNc1ncccc1C(F)(F)F.I. The molecule has 0 spiro atoms. The molecule has 10 heteroatoms. The van der Waals surface area contributed by atoms with E-state index in [1.807, 2.05) is 31.2 Å². The van der Waals surface area contributed by atoms with Crippen molar-refractivity contribution in [2.24, 2.45) is 4.99 Å². The molecule has 0 atom stereocenters. The van der Waals surface area contributed by atoms with Crippen LogP contribution in [0.25, 0.3) is 0 Å². The molecule has 1 aromatic carbocycles. The second-order valence-corrected chi connectivity index (χ2v) is 5.80. The van der Waals surface area contributed by atoms with Crippen LogP contribution in [-0.4, -0.2) is 37.7 Å². The molecule has 0 amide bonds. The normalized spacial score (nSPS) is 11.4. The van der Waals surface area contributed by atoms with Crippen LogP contribution in [0.5, 0.6) is 5.75 Å². The topological polar surface area (TPSA) is 70.6 Å². The van der Waals surface area contributed by atoms with Crippen molar-refractivity contribution in [3.63, 3.8) is 0 Å². The number of benzene rings is 1. The van der Waals surface area contributed by atoms with Gasteiger partial charge in [-0.3, -0.25) is 0 Å². The van der Waals surface area contributed by atoms with E-state index in [2.05, 4.69) is 25.9 Å². The number of hydrogen-bond donors (Lipinski definition) is 3. The highest BCUT2D eigenvalue weighted by Crippen LogP contribution is 2.33. The van der Waals surface area contributed by atoms with Gasteiger partial charge in [0.2, 0.25) is 0 Å². The quantitative estimate of drug-likeness (QED) is 0.212. The summed E-state index contributed by atoms with van der Waals surface area (Å²) in [5, 5.41) is 8.90. The fourth-order valence-electron chi connectivity index (χ4n) is 2.42. The fourth-order valence-corrected chi connectivity index (χ4v) is 2.42. The fraction of sp³-hybridized carbons (Fsp3) is 0.368. The number of pyridine rings is 1. The monoisotopic (exact) mass is 523 g/mol. The zero-order valence-corrected chi connectivity index (χ0v) is 18.5. The summed E-state index contributed by atoms with van der Waals surface area (Å²) in [6, 6.07) is 9.85. The van der Waals surface area contributed by atoms with Crippen molar-refractivity contribution in [2.75, 3.05) is 32.1 Å². The van der Waals surface area contributed by atoms with E-state index in [0.717, 1.165) is 17.4 Å². The molecule has 0 aliphatic rings. The lowest BCUT2D eigenvalue weighted by Gasteiger charge is -2.15. The van der Waals surface area contributed by atoms with Gasteiger partial charge in [-0.2, -0.15) is 13.2 Å². The van der Waals surface area contributed by atoms with Gasteiger partial charge in [-0.05, 0) is 36.8 Å². The Morgan fingerprint density at radius 3 is 2.62 bits per heavy atom. The predicted molar refractivity (Wildman–Crippen MR) is 119 cm³/mol. The van der Waals surface area contributed by atoms with Crippen LogP contribution in [0.15, 0.2) is 47.6 Å². The summed E-state index contributed by atoms with van der Waals surface area (Å²) in [7, 11) is 1.60. The molecule has 0 aliphatic heterocycles. The van der Waals surface area contributed by atoms with Crippen LogP contribution in [0.3, 0.4) is 0 Å². The van der Waals surface area contributed by atoms with Crippen LogP contribution in [0.4, 0.5) is 19.0 Å². The number of guanidine groups is 1. The molecular weight excluding hydrogens is 498 g/mol. The van der Waals surface area contributed by atoms with Crippen LogP contribution < -0.4 is 20.7 Å². The van der Waals surface area contributed by atoms with Gasteiger partial charge in [-0.1, -0.05) is 12.1 Å². The van der Waals surface area contributed by atoms with E-state index >= 15 is 0 Å². The van der Waals surface area contributed by atoms with Gasteiger partial charge in [0.05, 0.1) is 19.2 Å². The maximum Gasteiger partial charge on any atom is 0.419 e. The zero-order valence-electron chi connectivity index (χ0n) is 16.2. The summed E-state index contributed by atoms with van der Waals surface area (Å²) in [4.78, 5) is 8.25. The summed E-state index contributed by atoms with van der Waals surface area (Å²) in [6.07, 6.45) is -3.12. The zero-order chi connectivity index (χ0) is 20.4. The smallest absolute Gasteiger partial charge is 0.419 e. The highest BCUT2D eigenvalue weighted by Gasteiger charge is 2.33. The molecule has 0 aliphatic carbocycles. The Morgan fingerprint density at radius 1 is 1.14 bits per heavy atom. The first kappa shape index (κ1) is 24.8. The molecule has 1 heterocycles. The average Bonchev–Trinajstić information content (AvgIpc) is 2.69. The molecule has 0 unspecified atom stereocenters. The minimum absolute atomic E-state index is 0. The molecule has 160 valence electrons. The summed E-state index contributed by atoms with van der Waals surface area (Å²) >= 11 is 0. The molecule has 2 aromatic rings. The lowest BCUT2D eigenvalue weighted by atomic mass is 10.2. The molecule has 0 bridgehead atoms. The van der Waals surface area contributed by atoms with Crippen molar-refractivity contribution >= 4 is 35.8 Å². The van der Waals surface area contributed by atoms with E-state index in [9.17, 15) is 13.2 Å². The number of alkyl halides is 3. The number of aromatic nitrogens is 1. The molecule has 0 radical (unpaired) electrons. The Bertz CT molecular complexity index is 786. The standard InChI is InChI=1S/C19H24F3N5O.HI/c1-3-23-18(27-13-14-6-4-7-15(12-14)28-2)26-11-10-25-17-16(19(20,21)22)8-5-9-24-17;/h4-9,12H,3,10-11,13H2,1-2H3,(H,24,25)(H2,23,26,27);1H. The number of aliphatic imine (C=N–C) groups is 1. The van der Waals surface area contributed by atoms with Crippen LogP contribution in [0, 0.1) is 0 Å². The number of anilines is 1. The van der Waals surface area contributed by atoms with Crippen molar-refractivity contribution < 1.29 is 17.9 Å². The Morgan fingerprint density at radius 2 is 1.93 bits per heavy atom. The van der Waals surface area contributed by atoms with Crippen molar-refractivity contribution in [3.05, 3.63) is 53.7 Å². The molecule has 6 nitrogen and oxygen atoms in total. The largest absolute Gasteiger partial charge is 0.497 e. The van der Waals surface area contributed by atoms with Crippen molar-refractivity contribution in [3.8, 4) is 5.75 Å². The van der Waals surface area contributed by atoms with E-state index in [1.165, 1.54) is 12.3 Å². The highest BCUT2D eigenvalue weighted by atomic mass is 127. The predicted octanol–water partition coefficient (Wildman–Crippen LogP) is 3.89. The minimum Gasteiger partial charge on any atom is -0.497 e. The third kappa shape index (κ3) is 8.34. The molecule has 0 saturated carbocycles. The molecular formula is C19H25F3IN5O. The average molecular weight is 523 g/mol. The number of methoxy groups -OCH3 is 1. The van der Waals surface area contributed by atoms with Crippen molar-refractivity contribution in [2.45, 2.75) is 19.6 Å². The van der Waals surface area contributed by atoms with Gasteiger partial charge in [-0.25, -0.2) is 9.98 Å². The van der Waals surface area contributed by atoms with Gasteiger partial charge in [0.25, 0.3) is 0 Å². The third-order valence-electron chi connectivity index (χ3n) is 3.72. The minimum atomic E-state index is -4.45. The molecule has 0 fully saturated rings. The Labute approximate surface area is 185 Å². The van der Waals surface area contributed by atoms with Gasteiger partial charge in [0.15, 0.2) is 5.96 Å². The van der Waals surface area contributed by atoms with Gasteiger partial charge < -0.3 is 20.7 Å². The van der Waals surface area contributed by atoms with E-state index in [-0.39, 0.29) is 36.3 Å². The number of nitrogens with one attached hydrogen (secondary N) is 3. The summed E-state index contributed by atoms with van der Waals surface area (Å²) in [5.74, 6) is 1.14. The summed E-state index contributed by atoms with van der Waals surface area (Å²) < 4.78 is 44.1. The second-order valence-electron chi connectivity index (χ2n) is 5.80. The molecule has 3 N–H and O–H groups in total. The first-order chi connectivity index (χ1) is 13.4. The van der Waals surface area contributed by atoms with Crippen LogP contribution in [-0.2, 0) is 12.7 Å². The van der Waals surface area contributed by atoms with E-state index in [4.69, 9.17) is 4.74 Å². The van der Waals surface area contributed by atoms with Crippen molar-refractivity contribution in [1.29, 1.82) is 0 Å². The van der Waals surface area contributed by atoms with E-state index in [0.29, 0.717) is 25.6 Å². The lowest BCUT2D eigenvalue weighted by Crippen LogP contribution is -2.39. The van der Waals surface area contributed by atoms with E-state index in [1.54, 1.807) is 7.11 Å². The second kappa shape index (κ2) is 12.3.